The van der Waals surface area contributed by atoms with E-state index >= 15 is 0 Å². The third-order valence-corrected chi connectivity index (χ3v) is 4.72. The summed E-state index contributed by atoms with van der Waals surface area (Å²) in [5, 5.41) is 5.93. The van der Waals surface area contributed by atoms with E-state index < -0.39 is 17.5 Å². The Morgan fingerprint density at radius 3 is 2.69 bits per heavy atom. The Balaban J connectivity index is 1.60. The first kappa shape index (κ1) is 14.7. The number of carbonyl (C=O) groups excluding carboxylic acids is 2. The number of nitrogens with zero attached hydrogens (tertiary/aromatic N) is 1. The lowest BCUT2D eigenvalue weighted by molar-refractivity contribution is -0.124. The van der Waals surface area contributed by atoms with Gasteiger partial charge in [-0.1, -0.05) is 18.2 Å². The van der Waals surface area contributed by atoms with E-state index in [1.54, 1.807) is 13.0 Å². The highest BCUT2D eigenvalue weighted by Crippen LogP contribution is 2.31. The Kier molecular flexibility index (Phi) is 2.80. The number of imide groups is 1. The maximum absolute atomic E-state index is 12.1. The van der Waals surface area contributed by atoms with Gasteiger partial charge in [-0.25, -0.2) is 9.78 Å². The van der Waals surface area contributed by atoms with Crippen molar-refractivity contribution in [3.05, 3.63) is 54.3 Å². The summed E-state index contributed by atoms with van der Waals surface area (Å²) in [6, 6.07) is 14.9. The van der Waals surface area contributed by atoms with E-state index in [0.717, 1.165) is 22.3 Å². The molecule has 0 spiro atoms. The topological polar surface area (TPSA) is 100 Å². The van der Waals surface area contributed by atoms with Gasteiger partial charge in [0.05, 0.1) is 11.4 Å². The van der Waals surface area contributed by atoms with Crippen LogP contribution in [-0.4, -0.2) is 21.9 Å². The normalized spacial score (nSPS) is 19.9. The van der Waals surface area contributed by atoms with Crippen LogP contribution in [-0.2, 0) is 10.3 Å². The van der Waals surface area contributed by atoms with Crippen LogP contribution in [0, 0.1) is 0 Å². The van der Waals surface area contributed by atoms with Crippen molar-refractivity contribution in [1.82, 2.24) is 20.6 Å². The molecular weight excluding hydrogens is 332 g/mol. The van der Waals surface area contributed by atoms with E-state index in [0.29, 0.717) is 16.9 Å². The molecular formula is C19H14N4O3. The van der Waals surface area contributed by atoms with Gasteiger partial charge in [-0.05, 0) is 31.2 Å². The molecule has 5 rings (SSSR count). The number of urea groups is 1. The molecule has 1 atom stereocenters. The molecule has 4 aromatic rings. The van der Waals surface area contributed by atoms with E-state index in [-0.39, 0.29) is 0 Å². The van der Waals surface area contributed by atoms with Gasteiger partial charge in [-0.2, -0.15) is 0 Å². The molecule has 1 unspecified atom stereocenters. The van der Waals surface area contributed by atoms with Crippen molar-refractivity contribution in [3.63, 3.8) is 0 Å². The predicted molar refractivity (Wildman–Crippen MR) is 95.3 cm³/mol. The van der Waals surface area contributed by atoms with Gasteiger partial charge in [-0.15, -0.1) is 0 Å². The molecule has 0 aliphatic carbocycles. The third kappa shape index (κ3) is 2.03. The SMILES string of the molecule is CC1(c2cc3nc(-c4cc5ccccc5[nH]4)ccc3o2)NC(=O)NC1=O. The Morgan fingerprint density at radius 1 is 1.08 bits per heavy atom. The fourth-order valence-corrected chi connectivity index (χ4v) is 3.25. The first-order chi connectivity index (χ1) is 12.5. The zero-order chi connectivity index (χ0) is 17.9. The maximum Gasteiger partial charge on any atom is 0.322 e. The van der Waals surface area contributed by atoms with Crippen LogP contribution in [0.5, 0.6) is 0 Å². The molecule has 7 nitrogen and oxygen atoms in total. The van der Waals surface area contributed by atoms with Crippen molar-refractivity contribution < 1.29 is 14.0 Å². The second kappa shape index (κ2) is 4.95. The number of carbonyl (C=O) groups is 2. The molecule has 0 saturated carbocycles. The largest absolute Gasteiger partial charge is 0.456 e. The van der Waals surface area contributed by atoms with Crippen molar-refractivity contribution in [2.45, 2.75) is 12.5 Å². The molecule has 3 N–H and O–H groups in total. The molecule has 0 radical (unpaired) electrons. The van der Waals surface area contributed by atoms with Crippen LogP contribution in [0.1, 0.15) is 12.7 Å². The highest BCUT2D eigenvalue weighted by Gasteiger charge is 2.46. The Morgan fingerprint density at radius 2 is 1.92 bits per heavy atom. The second-order valence-electron chi connectivity index (χ2n) is 6.49. The van der Waals surface area contributed by atoms with Crippen molar-refractivity contribution in [1.29, 1.82) is 0 Å². The lowest BCUT2D eigenvalue weighted by Gasteiger charge is -2.16. The number of pyridine rings is 1. The lowest BCUT2D eigenvalue weighted by Crippen LogP contribution is -2.40. The summed E-state index contributed by atoms with van der Waals surface area (Å²) in [5.41, 5.74) is 2.63. The molecule has 7 heteroatoms. The summed E-state index contributed by atoms with van der Waals surface area (Å²) in [6.07, 6.45) is 0. The molecule has 3 amide bonds. The van der Waals surface area contributed by atoms with Crippen LogP contribution in [0.2, 0.25) is 0 Å². The molecule has 1 aliphatic rings. The summed E-state index contributed by atoms with van der Waals surface area (Å²) in [6.45, 7) is 1.60. The zero-order valence-electron chi connectivity index (χ0n) is 13.8. The fourth-order valence-electron chi connectivity index (χ4n) is 3.25. The zero-order valence-corrected chi connectivity index (χ0v) is 13.8. The number of benzene rings is 1. The summed E-state index contributed by atoms with van der Waals surface area (Å²) >= 11 is 0. The fraction of sp³-hybridized carbons (Fsp3) is 0.105. The van der Waals surface area contributed by atoms with Gasteiger partial charge in [-0.3, -0.25) is 10.1 Å². The monoisotopic (exact) mass is 346 g/mol. The average molecular weight is 346 g/mol. The number of hydrogen-bond acceptors (Lipinski definition) is 4. The van der Waals surface area contributed by atoms with Crippen LogP contribution < -0.4 is 10.6 Å². The Labute approximate surface area is 147 Å². The van der Waals surface area contributed by atoms with E-state index in [1.807, 2.05) is 42.5 Å². The smallest absolute Gasteiger partial charge is 0.322 e. The Hall–Kier alpha value is -3.61. The number of nitrogens with one attached hydrogen (secondary N) is 3. The van der Waals surface area contributed by atoms with E-state index in [2.05, 4.69) is 20.6 Å². The molecule has 128 valence electrons. The van der Waals surface area contributed by atoms with Gasteiger partial charge in [0.1, 0.15) is 11.3 Å². The van der Waals surface area contributed by atoms with Gasteiger partial charge in [0, 0.05) is 17.0 Å². The molecule has 1 fully saturated rings. The quantitative estimate of drug-likeness (QED) is 0.486. The van der Waals surface area contributed by atoms with E-state index in [9.17, 15) is 9.59 Å². The molecule has 4 heterocycles. The van der Waals surface area contributed by atoms with Crippen molar-refractivity contribution in [2.75, 3.05) is 0 Å². The number of aromatic nitrogens is 2. The van der Waals surface area contributed by atoms with Crippen LogP contribution in [0.15, 0.2) is 52.9 Å². The molecule has 1 saturated heterocycles. The van der Waals surface area contributed by atoms with Crippen molar-refractivity contribution >= 4 is 33.9 Å². The second-order valence-corrected chi connectivity index (χ2v) is 6.49. The molecule has 0 bridgehead atoms. The average Bonchev–Trinajstić information content (AvgIpc) is 3.30. The van der Waals surface area contributed by atoms with Crippen molar-refractivity contribution in [3.8, 4) is 11.4 Å². The van der Waals surface area contributed by atoms with Crippen LogP contribution >= 0.6 is 0 Å². The molecule has 1 aromatic carbocycles. The van der Waals surface area contributed by atoms with E-state index in [1.165, 1.54) is 0 Å². The third-order valence-electron chi connectivity index (χ3n) is 4.72. The van der Waals surface area contributed by atoms with E-state index in [4.69, 9.17) is 4.42 Å². The van der Waals surface area contributed by atoms with Crippen molar-refractivity contribution in [2.24, 2.45) is 0 Å². The van der Waals surface area contributed by atoms with Gasteiger partial charge in [0.2, 0.25) is 0 Å². The highest BCUT2D eigenvalue weighted by molar-refractivity contribution is 6.07. The Bertz CT molecular complexity index is 1170. The first-order valence-corrected chi connectivity index (χ1v) is 8.16. The number of furan rings is 1. The van der Waals surface area contributed by atoms with Crippen LogP contribution in [0.4, 0.5) is 4.79 Å². The van der Waals surface area contributed by atoms with Crippen LogP contribution in [0.3, 0.4) is 0 Å². The summed E-state index contributed by atoms with van der Waals surface area (Å²) in [5.74, 6) is -0.102. The number of hydrogen-bond donors (Lipinski definition) is 3. The number of aromatic amines is 1. The minimum atomic E-state index is -1.24. The predicted octanol–water partition coefficient (Wildman–Crippen LogP) is 3.03. The minimum Gasteiger partial charge on any atom is -0.456 e. The summed E-state index contributed by atoms with van der Waals surface area (Å²) in [7, 11) is 0. The first-order valence-electron chi connectivity index (χ1n) is 8.16. The lowest BCUT2D eigenvalue weighted by atomic mass is 10.00. The van der Waals surface area contributed by atoms with Crippen LogP contribution in [0.25, 0.3) is 33.4 Å². The number of H-pyrrole nitrogens is 1. The number of amides is 3. The minimum absolute atomic E-state index is 0.345. The van der Waals surface area contributed by atoms with Gasteiger partial charge in [0.15, 0.2) is 11.1 Å². The standard InChI is InChI=1S/C19H14N4O3/c1-19(17(24)22-18(25)23-19)16-9-14-15(26-16)7-6-12(21-14)13-8-10-4-2-3-5-11(10)20-13/h2-9,20H,1H3,(H2,22,23,24,25). The molecule has 26 heavy (non-hydrogen) atoms. The number of rotatable bonds is 2. The summed E-state index contributed by atoms with van der Waals surface area (Å²) < 4.78 is 5.78. The van der Waals surface area contributed by atoms with Gasteiger partial charge < -0.3 is 14.7 Å². The van der Waals surface area contributed by atoms with Gasteiger partial charge in [0.25, 0.3) is 5.91 Å². The molecule has 1 aliphatic heterocycles. The highest BCUT2D eigenvalue weighted by atomic mass is 16.3. The molecule has 3 aromatic heterocycles. The summed E-state index contributed by atoms with van der Waals surface area (Å²) in [4.78, 5) is 31.6. The number of fused-ring (bicyclic) bond motifs is 2. The maximum atomic E-state index is 12.1. The number of para-hydroxylation sites is 1. The van der Waals surface area contributed by atoms with Gasteiger partial charge >= 0.3 is 6.03 Å².